The Morgan fingerprint density at radius 1 is 1.31 bits per heavy atom. The molecule has 0 aliphatic carbocycles. The third kappa shape index (κ3) is 6.14. The molecule has 226 valence electrons. The van der Waals surface area contributed by atoms with E-state index in [0.29, 0.717) is 40.1 Å². The summed E-state index contributed by atoms with van der Waals surface area (Å²) in [6, 6.07) is -1.06. The van der Waals surface area contributed by atoms with E-state index in [9.17, 15) is 24.1 Å². The molecule has 15 nitrogen and oxygen atoms in total. The number of thiazole rings is 1. The number of rotatable bonds is 11. The zero-order chi connectivity index (χ0) is 30.9. The average molecular weight is 657 g/mol. The van der Waals surface area contributed by atoms with E-state index < -0.39 is 36.8 Å². The van der Waals surface area contributed by atoms with Gasteiger partial charge in [-0.1, -0.05) is 16.7 Å². The van der Waals surface area contributed by atoms with Gasteiger partial charge in [0.05, 0.1) is 35.5 Å². The van der Waals surface area contributed by atoms with Gasteiger partial charge in [-0.3, -0.25) is 19.1 Å². The first kappa shape index (κ1) is 31.8. The summed E-state index contributed by atoms with van der Waals surface area (Å²) in [5, 5.41) is 16.3. The highest BCUT2D eigenvalue weighted by Crippen LogP contribution is 2.50. The number of anilines is 3. The minimum Gasteiger partial charge on any atom is -0.543 e. The lowest BCUT2D eigenvalue weighted by molar-refractivity contribution is -0.699. The Bertz CT molecular complexity index is 1550. The number of fused-ring (bicyclic) bond motifs is 1. The number of carboxylic acid groups (broad SMARTS) is 1. The maximum Gasteiger partial charge on any atom is 0.354 e. The molecule has 2 aromatic rings. The molecule has 0 spiro atoms. The maximum absolute atomic E-state index is 13.3. The number of nitrogens with two attached hydrogens (primary N) is 3. The smallest absolute Gasteiger partial charge is 0.354 e. The second-order valence-corrected chi connectivity index (χ2v) is 14.2. The van der Waals surface area contributed by atoms with Crippen LogP contribution in [0.3, 0.4) is 0 Å². The second-order valence-electron chi connectivity index (χ2n) is 9.07. The van der Waals surface area contributed by atoms with Gasteiger partial charge in [0.15, 0.2) is 5.13 Å². The summed E-state index contributed by atoms with van der Waals surface area (Å²) in [4.78, 5) is 48.2. The van der Waals surface area contributed by atoms with Crippen molar-refractivity contribution in [3.8, 4) is 0 Å². The van der Waals surface area contributed by atoms with Crippen LogP contribution < -0.4 is 32.2 Å². The molecule has 1 saturated heterocycles. The van der Waals surface area contributed by atoms with Crippen LogP contribution in [-0.4, -0.2) is 69.8 Å². The van der Waals surface area contributed by atoms with Gasteiger partial charge >= 0.3 is 12.8 Å². The predicted octanol–water partition coefficient (Wildman–Crippen LogP) is -0.169. The fourth-order valence-electron chi connectivity index (χ4n) is 4.22. The molecule has 0 unspecified atom stereocenters. The fourth-order valence-corrected chi connectivity index (χ4v) is 8.08. The summed E-state index contributed by atoms with van der Waals surface area (Å²) < 4.78 is 24.3. The maximum atomic E-state index is 13.3. The Morgan fingerprint density at radius 3 is 2.60 bits per heavy atom. The molecule has 2 aromatic heterocycles. The van der Waals surface area contributed by atoms with E-state index in [1.807, 2.05) is 0 Å². The Balaban J connectivity index is 1.51. The minimum absolute atomic E-state index is 0.110. The van der Waals surface area contributed by atoms with Crippen LogP contribution in [0, 0.1) is 6.92 Å². The lowest BCUT2D eigenvalue weighted by Gasteiger charge is -2.51. The van der Waals surface area contributed by atoms with Gasteiger partial charge in [-0.25, -0.2) is 9.55 Å². The fraction of sp³-hybridized carbons (Fsp3) is 0.391. The highest BCUT2D eigenvalue weighted by Gasteiger charge is 2.53. The molecular formula is C23H29N8O7PS3. The number of nitrogens with zero attached hydrogens (tertiary/aromatic N) is 4. The van der Waals surface area contributed by atoms with Gasteiger partial charge < -0.3 is 41.5 Å². The van der Waals surface area contributed by atoms with Crippen molar-refractivity contribution in [2.45, 2.75) is 29.9 Å². The van der Waals surface area contributed by atoms with Gasteiger partial charge in [0, 0.05) is 36.9 Å². The van der Waals surface area contributed by atoms with Crippen LogP contribution >= 0.6 is 42.5 Å². The standard InChI is InChI=1S/C23H29N8O7PS3/c1-10-16(24)29-23(30(2)17(10)25)40-6-5-11-8-41-20-14(19(33)31(20)15(11)21(34)35)28-18(32)12(7-39(36,37-3)38-4)13-9-42-22(26)27-13/h7,9,14,20H,5-6,8H2,1-4H3,(H7,24,25,26,27,28,32,34,35)/b12-7-/t14-,20-/m1/s1. The summed E-state index contributed by atoms with van der Waals surface area (Å²) in [6.45, 7) is 1.77. The molecule has 19 heteroatoms. The first-order valence-electron chi connectivity index (χ1n) is 12.2. The van der Waals surface area contributed by atoms with Crippen LogP contribution in [-0.2, 0) is 35.0 Å². The Hall–Kier alpha value is -3.15. The van der Waals surface area contributed by atoms with Crippen molar-refractivity contribution in [1.29, 1.82) is 0 Å². The van der Waals surface area contributed by atoms with Gasteiger partial charge in [-0.2, -0.15) is 0 Å². The van der Waals surface area contributed by atoms with Crippen molar-refractivity contribution >= 4 is 82.6 Å². The highest BCUT2D eigenvalue weighted by atomic mass is 32.2. The normalized spacial score (nSPS) is 19.0. The number of nitrogens with one attached hydrogen (secondary N) is 1. The molecule has 0 saturated carbocycles. The first-order valence-corrected chi connectivity index (χ1v) is 16.7. The van der Waals surface area contributed by atoms with Crippen LogP contribution in [0.1, 0.15) is 17.7 Å². The van der Waals surface area contributed by atoms with E-state index in [1.54, 1.807) is 18.5 Å². The molecule has 0 aromatic carbocycles. The van der Waals surface area contributed by atoms with E-state index >= 15 is 0 Å². The molecule has 0 radical (unpaired) electrons. The van der Waals surface area contributed by atoms with Gasteiger partial charge in [-0.15, -0.1) is 23.1 Å². The lowest BCUT2D eigenvalue weighted by Crippen LogP contribution is -2.71. The number of hydrogen-bond donors (Lipinski definition) is 4. The monoisotopic (exact) mass is 656 g/mol. The second kappa shape index (κ2) is 12.6. The van der Waals surface area contributed by atoms with Gasteiger partial charge in [0.25, 0.3) is 11.8 Å². The number of nitrogen functional groups attached to an aromatic ring is 3. The van der Waals surface area contributed by atoms with Crippen molar-refractivity contribution in [3.05, 3.63) is 33.7 Å². The van der Waals surface area contributed by atoms with E-state index in [0.717, 1.165) is 36.3 Å². The molecule has 4 heterocycles. The lowest BCUT2D eigenvalue weighted by atomic mass is 10.0. The van der Waals surface area contributed by atoms with Gasteiger partial charge in [0.2, 0.25) is 11.6 Å². The van der Waals surface area contributed by atoms with Gasteiger partial charge in [-0.05, 0) is 18.9 Å². The van der Waals surface area contributed by atoms with Crippen molar-refractivity contribution in [3.63, 3.8) is 0 Å². The van der Waals surface area contributed by atoms with Crippen molar-refractivity contribution < 1.29 is 37.7 Å². The number of aliphatic carboxylic acids is 1. The highest BCUT2D eigenvalue weighted by molar-refractivity contribution is 8.00. The number of hydrogen-bond acceptors (Lipinski definition) is 15. The van der Waals surface area contributed by atoms with Crippen LogP contribution in [0.5, 0.6) is 0 Å². The van der Waals surface area contributed by atoms with Crippen LogP contribution in [0.25, 0.3) is 5.57 Å². The number of amides is 2. The predicted molar refractivity (Wildman–Crippen MR) is 157 cm³/mol. The molecule has 0 bridgehead atoms. The third-order valence-electron chi connectivity index (χ3n) is 6.63. The summed E-state index contributed by atoms with van der Waals surface area (Å²) in [5.74, 6) is -0.409. The molecular weight excluding hydrogens is 627 g/mol. The Morgan fingerprint density at radius 2 is 2.00 bits per heavy atom. The molecule has 2 aliphatic rings. The molecule has 4 rings (SSSR count). The topological polar surface area (TPSA) is 233 Å². The van der Waals surface area contributed by atoms with E-state index in [1.165, 1.54) is 28.9 Å². The quantitative estimate of drug-likeness (QED) is 0.0614. The summed E-state index contributed by atoms with van der Waals surface area (Å²) >= 11 is 3.70. The SMILES string of the molecule is COP(=O)(/C=C(\C(=O)N[C@@H]1C(=O)N2C(C(=O)[O-])=C(CCSc3nc(N)c(C)c(N)[n+]3C)CS[C@H]12)c1csc(N)n1)OC. The summed E-state index contributed by atoms with van der Waals surface area (Å²) in [7, 11) is 0.252. The van der Waals surface area contributed by atoms with Crippen LogP contribution in [0.2, 0.25) is 0 Å². The third-order valence-corrected chi connectivity index (χ3v) is 11.3. The van der Waals surface area contributed by atoms with E-state index in [-0.39, 0.29) is 27.8 Å². The van der Waals surface area contributed by atoms with Crippen LogP contribution in [0.15, 0.2) is 27.6 Å². The molecule has 1 fully saturated rings. The average Bonchev–Trinajstić information content (AvgIpc) is 3.40. The Kier molecular flexibility index (Phi) is 9.54. The largest absolute Gasteiger partial charge is 0.543 e. The van der Waals surface area contributed by atoms with Crippen molar-refractivity contribution in [2.24, 2.45) is 7.05 Å². The molecule has 2 atom stereocenters. The molecule has 2 amide bonds. The van der Waals surface area contributed by atoms with Crippen molar-refractivity contribution in [1.82, 2.24) is 20.2 Å². The minimum atomic E-state index is -3.82. The first-order chi connectivity index (χ1) is 19.8. The molecule has 2 aliphatic heterocycles. The number of carboxylic acids is 1. The number of carbonyl (C=O) groups excluding carboxylic acids is 3. The zero-order valence-corrected chi connectivity index (χ0v) is 26.3. The molecule has 7 N–H and O–H groups in total. The number of β-lactam (4-membered cyclic amide) rings is 1. The van der Waals surface area contributed by atoms with E-state index in [4.69, 9.17) is 26.2 Å². The summed E-state index contributed by atoms with van der Waals surface area (Å²) in [5.41, 5.74) is 18.6. The zero-order valence-electron chi connectivity index (χ0n) is 23.0. The van der Waals surface area contributed by atoms with Gasteiger partial charge in [0.1, 0.15) is 11.4 Å². The number of thioether (sulfide) groups is 2. The number of carbonyl (C=O) groups is 3. The Labute approximate surface area is 253 Å². The molecule has 42 heavy (non-hydrogen) atoms. The van der Waals surface area contributed by atoms with Crippen molar-refractivity contribution in [2.75, 3.05) is 42.9 Å². The summed E-state index contributed by atoms with van der Waals surface area (Å²) in [6.07, 6.45) is 0.325. The van der Waals surface area contributed by atoms with E-state index in [2.05, 4.69) is 15.3 Å². The van der Waals surface area contributed by atoms with Crippen LogP contribution in [0.4, 0.5) is 16.8 Å². The number of aromatic nitrogens is 3.